The lowest BCUT2D eigenvalue weighted by Gasteiger charge is -2.42. The van der Waals surface area contributed by atoms with Crippen LogP contribution < -0.4 is 11.1 Å². The Bertz CT molecular complexity index is 515. The van der Waals surface area contributed by atoms with Crippen molar-refractivity contribution in [2.75, 3.05) is 6.54 Å². The highest BCUT2D eigenvalue weighted by molar-refractivity contribution is 5.94. The summed E-state index contributed by atoms with van der Waals surface area (Å²) in [7, 11) is 0. The smallest absolute Gasteiger partial charge is 0.296 e. The first-order valence-corrected chi connectivity index (χ1v) is 7.25. The monoisotopic (exact) mass is 270 g/mol. The average Bonchev–Trinajstić information content (AvgIpc) is 2.49. The van der Waals surface area contributed by atoms with Crippen molar-refractivity contribution in [2.24, 2.45) is 11.7 Å². The van der Waals surface area contributed by atoms with E-state index in [4.69, 9.17) is 5.73 Å². The van der Waals surface area contributed by atoms with Crippen molar-refractivity contribution < 1.29 is 4.79 Å². The molecular formula is C17H22N2O. The number of benzene rings is 1. The third kappa shape index (κ3) is 3.40. The summed E-state index contributed by atoms with van der Waals surface area (Å²) < 4.78 is 0. The summed E-state index contributed by atoms with van der Waals surface area (Å²) in [6, 6.07) is 9.53. The maximum Gasteiger partial charge on any atom is 0.296 e. The molecule has 0 aromatic heterocycles. The molecule has 3 nitrogen and oxygen atoms in total. The van der Waals surface area contributed by atoms with E-state index in [9.17, 15) is 4.79 Å². The normalized spacial score (nSPS) is 25.4. The molecule has 0 spiro atoms. The molecule has 0 heterocycles. The first kappa shape index (κ1) is 14.6. The number of nitrogens with one attached hydrogen (secondary N) is 1. The highest BCUT2D eigenvalue weighted by Crippen LogP contribution is 2.32. The molecule has 1 aliphatic carbocycles. The van der Waals surface area contributed by atoms with Gasteiger partial charge in [0.1, 0.15) is 0 Å². The minimum Gasteiger partial charge on any atom is -0.338 e. The molecule has 0 saturated heterocycles. The first-order valence-electron chi connectivity index (χ1n) is 7.25. The van der Waals surface area contributed by atoms with E-state index in [1.807, 2.05) is 30.3 Å². The zero-order chi connectivity index (χ0) is 14.4. The van der Waals surface area contributed by atoms with Crippen LogP contribution in [0.5, 0.6) is 0 Å². The largest absolute Gasteiger partial charge is 0.338 e. The Balaban J connectivity index is 2.05. The van der Waals surface area contributed by atoms with E-state index < -0.39 is 0 Å². The molecule has 0 aliphatic heterocycles. The van der Waals surface area contributed by atoms with Gasteiger partial charge >= 0.3 is 0 Å². The Morgan fingerprint density at radius 1 is 1.40 bits per heavy atom. The van der Waals surface area contributed by atoms with Crippen LogP contribution >= 0.6 is 0 Å². The number of hydrogen-bond acceptors (Lipinski definition) is 2. The number of carbonyl (C=O) groups excluding carboxylic acids is 1. The second-order valence-corrected chi connectivity index (χ2v) is 5.58. The van der Waals surface area contributed by atoms with Crippen LogP contribution in [0.25, 0.3) is 0 Å². The minimum absolute atomic E-state index is 0.229. The Labute approximate surface area is 120 Å². The van der Waals surface area contributed by atoms with Crippen LogP contribution in [0.3, 0.4) is 0 Å². The maximum atomic E-state index is 12.1. The van der Waals surface area contributed by atoms with Gasteiger partial charge in [0.05, 0.1) is 5.54 Å². The second-order valence-electron chi connectivity index (χ2n) is 5.58. The summed E-state index contributed by atoms with van der Waals surface area (Å²) in [5, 5.41) is 3.06. The van der Waals surface area contributed by atoms with E-state index in [0.717, 1.165) is 24.8 Å². The quantitative estimate of drug-likeness (QED) is 0.808. The molecule has 1 saturated carbocycles. The van der Waals surface area contributed by atoms with Crippen LogP contribution in [-0.4, -0.2) is 18.0 Å². The molecule has 2 unspecified atom stereocenters. The lowest BCUT2D eigenvalue weighted by Crippen LogP contribution is -2.58. The van der Waals surface area contributed by atoms with E-state index in [-0.39, 0.29) is 11.4 Å². The Kier molecular flexibility index (Phi) is 4.81. The summed E-state index contributed by atoms with van der Waals surface area (Å²) in [4.78, 5) is 12.1. The standard InChI is InChI=1S/C17H22N2O/c1-14-7-5-6-12-17(14,13-18)19-16(20)11-10-15-8-3-2-4-9-15/h2-4,8-9,14H,5-7,12-13,18H2,1H3,(H,19,20). The third-order valence-electron chi connectivity index (χ3n) is 4.27. The SMILES string of the molecule is CC1CCCCC1(CN)NC(=O)C#Cc1ccccc1. The van der Waals surface area contributed by atoms with E-state index in [1.54, 1.807) is 0 Å². The predicted octanol–water partition coefficient (Wildman–Crippen LogP) is 2.06. The Morgan fingerprint density at radius 2 is 2.15 bits per heavy atom. The van der Waals surface area contributed by atoms with Crippen molar-refractivity contribution in [2.45, 2.75) is 38.1 Å². The van der Waals surface area contributed by atoms with Crippen molar-refractivity contribution in [3.05, 3.63) is 35.9 Å². The van der Waals surface area contributed by atoms with Gasteiger partial charge in [0.15, 0.2) is 0 Å². The minimum atomic E-state index is -0.277. The van der Waals surface area contributed by atoms with Crippen LogP contribution in [0.1, 0.15) is 38.2 Å². The van der Waals surface area contributed by atoms with Gasteiger partial charge < -0.3 is 11.1 Å². The zero-order valence-electron chi connectivity index (χ0n) is 12.0. The number of rotatable bonds is 2. The lowest BCUT2D eigenvalue weighted by molar-refractivity contribution is -0.118. The van der Waals surface area contributed by atoms with Crippen LogP contribution in [0, 0.1) is 17.8 Å². The maximum absolute atomic E-state index is 12.1. The first-order chi connectivity index (χ1) is 9.66. The molecule has 0 bridgehead atoms. The fourth-order valence-corrected chi connectivity index (χ4v) is 2.86. The van der Waals surface area contributed by atoms with E-state index in [1.165, 1.54) is 6.42 Å². The molecule has 2 rings (SSSR count). The van der Waals surface area contributed by atoms with Crippen molar-refractivity contribution in [1.29, 1.82) is 0 Å². The van der Waals surface area contributed by atoms with Crippen molar-refractivity contribution >= 4 is 5.91 Å². The van der Waals surface area contributed by atoms with E-state index >= 15 is 0 Å². The summed E-state index contributed by atoms with van der Waals surface area (Å²) >= 11 is 0. The van der Waals surface area contributed by atoms with Crippen LogP contribution in [-0.2, 0) is 4.79 Å². The second kappa shape index (κ2) is 6.58. The van der Waals surface area contributed by atoms with Gasteiger partial charge in [0, 0.05) is 18.0 Å². The van der Waals surface area contributed by atoms with Crippen LogP contribution in [0.2, 0.25) is 0 Å². The molecule has 1 fully saturated rings. The molecule has 3 N–H and O–H groups in total. The molecule has 1 aromatic carbocycles. The molecule has 2 atom stereocenters. The summed E-state index contributed by atoms with van der Waals surface area (Å²) in [6.07, 6.45) is 4.40. The highest BCUT2D eigenvalue weighted by atomic mass is 16.1. The molecule has 3 heteroatoms. The van der Waals surface area contributed by atoms with Gasteiger partial charge in [-0.05, 0) is 30.9 Å². The van der Waals surface area contributed by atoms with Crippen LogP contribution in [0.4, 0.5) is 0 Å². The Morgan fingerprint density at radius 3 is 2.80 bits per heavy atom. The zero-order valence-corrected chi connectivity index (χ0v) is 12.0. The van der Waals surface area contributed by atoms with Gasteiger partial charge in [0.2, 0.25) is 0 Å². The third-order valence-corrected chi connectivity index (χ3v) is 4.27. The van der Waals surface area contributed by atoms with E-state index in [0.29, 0.717) is 12.5 Å². The summed E-state index contributed by atoms with van der Waals surface area (Å²) in [5.41, 5.74) is 6.49. The van der Waals surface area contributed by atoms with Crippen LogP contribution in [0.15, 0.2) is 30.3 Å². The number of amides is 1. The fraction of sp³-hybridized carbons (Fsp3) is 0.471. The molecule has 20 heavy (non-hydrogen) atoms. The number of carbonyl (C=O) groups is 1. The van der Waals surface area contributed by atoms with Gasteiger partial charge in [0.25, 0.3) is 5.91 Å². The van der Waals surface area contributed by atoms with Gasteiger partial charge in [-0.2, -0.15) is 0 Å². The Hall–Kier alpha value is -1.79. The van der Waals surface area contributed by atoms with Gasteiger partial charge in [-0.15, -0.1) is 0 Å². The van der Waals surface area contributed by atoms with E-state index in [2.05, 4.69) is 24.1 Å². The topological polar surface area (TPSA) is 55.1 Å². The molecule has 1 aromatic rings. The molecule has 1 amide bonds. The fourth-order valence-electron chi connectivity index (χ4n) is 2.86. The van der Waals surface area contributed by atoms with Gasteiger partial charge in [-0.25, -0.2) is 0 Å². The molecule has 106 valence electrons. The van der Waals surface area contributed by atoms with Crippen molar-refractivity contribution in [3.63, 3.8) is 0 Å². The molecule has 0 radical (unpaired) electrons. The number of hydrogen-bond donors (Lipinski definition) is 2. The predicted molar refractivity (Wildman–Crippen MR) is 80.9 cm³/mol. The van der Waals surface area contributed by atoms with Crippen molar-refractivity contribution in [1.82, 2.24) is 5.32 Å². The molecular weight excluding hydrogens is 248 g/mol. The highest BCUT2D eigenvalue weighted by Gasteiger charge is 2.37. The van der Waals surface area contributed by atoms with Gasteiger partial charge in [-0.3, -0.25) is 4.79 Å². The average molecular weight is 270 g/mol. The molecule has 1 aliphatic rings. The number of nitrogens with two attached hydrogens (primary N) is 1. The van der Waals surface area contributed by atoms with Crippen molar-refractivity contribution in [3.8, 4) is 11.8 Å². The summed E-state index contributed by atoms with van der Waals surface area (Å²) in [5.74, 6) is 5.74. The lowest BCUT2D eigenvalue weighted by atomic mass is 9.73. The van der Waals surface area contributed by atoms with Gasteiger partial charge in [-0.1, -0.05) is 43.9 Å². The summed E-state index contributed by atoms with van der Waals surface area (Å²) in [6.45, 7) is 2.64.